The largest absolute Gasteiger partial charge is 0.487 e. The first-order valence-electron chi connectivity index (χ1n) is 12.1. The van der Waals surface area contributed by atoms with Crippen LogP contribution in [-0.4, -0.2) is 50.9 Å². The number of rotatable bonds is 6. The number of amidine groups is 2. The minimum atomic E-state index is -0.529. The zero-order chi connectivity index (χ0) is 25.9. The van der Waals surface area contributed by atoms with E-state index in [-0.39, 0.29) is 23.7 Å². The monoisotopic (exact) mass is 535 g/mol. The van der Waals surface area contributed by atoms with Crippen molar-refractivity contribution in [2.24, 2.45) is 10.1 Å². The van der Waals surface area contributed by atoms with Gasteiger partial charge >= 0.3 is 0 Å². The fourth-order valence-electron chi connectivity index (χ4n) is 4.34. The van der Waals surface area contributed by atoms with E-state index in [2.05, 4.69) is 16.2 Å². The molecule has 5 rings (SSSR count). The molecule has 1 fully saturated rings. The average molecular weight is 536 g/mol. The van der Waals surface area contributed by atoms with Crippen molar-refractivity contribution < 1.29 is 14.3 Å². The fraction of sp³-hybridized carbons (Fsp3) is 0.296. The number of likely N-dealkylation sites (tertiary alicyclic amines) is 1. The van der Waals surface area contributed by atoms with Crippen molar-refractivity contribution in [3.63, 3.8) is 0 Å². The number of nitrogens with one attached hydrogen (secondary N) is 1. The lowest BCUT2D eigenvalue weighted by molar-refractivity contribution is -0.130. The third kappa shape index (κ3) is 5.78. The van der Waals surface area contributed by atoms with Crippen molar-refractivity contribution in [1.29, 1.82) is 5.41 Å². The summed E-state index contributed by atoms with van der Waals surface area (Å²) in [5.74, 6) is -0.0733. The lowest BCUT2D eigenvalue weighted by atomic mass is 10.1. The standard InChI is InChI=1S/C27H26ClN5O3S/c1-17-6-5-7-19(12-17)16-36-22-9-8-18(14-21(22)28)13-20-25(29)33-27(30-26(20)35)37-23(31-33)15-24(34)32-10-3-2-4-11-32/h5-9,12-14,29H,2-4,10-11,15-16H2,1H3/b20-13-,29-25?. The van der Waals surface area contributed by atoms with Gasteiger partial charge in [-0.1, -0.05) is 47.5 Å². The number of hydrazone groups is 1. The van der Waals surface area contributed by atoms with Crippen LogP contribution < -0.4 is 4.74 Å². The number of ether oxygens (including phenoxy) is 1. The van der Waals surface area contributed by atoms with Crippen LogP contribution in [0.15, 0.2) is 58.1 Å². The second kappa shape index (κ2) is 10.9. The normalized spacial score (nSPS) is 18.6. The molecule has 0 bridgehead atoms. The average Bonchev–Trinajstić information content (AvgIpc) is 3.29. The maximum absolute atomic E-state index is 12.7. The van der Waals surface area contributed by atoms with Crippen molar-refractivity contribution in [3.05, 3.63) is 69.8 Å². The molecule has 1 N–H and O–H groups in total. The lowest BCUT2D eigenvalue weighted by Gasteiger charge is -2.26. The summed E-state index contributed by atoms with van der Waals surface area (Å²) in [6, 6.07) is 13.2. The molecule has 0 saturated carbocycles. The van der Waals surface area contributed by atoms with Crippen LogP contribution in [0.25, 0.3) is 6.08 Å². The van der Waals surface area contributed by atoms with Gasteiger partial charge in [-0.25, -0.2) is 0 Å². The first kappa shape index (κ1) is 25.2. The van der Waals surface area contributed by atoms with E-state index in [4.69, 9.17) is 21.7 Å². The Bertz CT molecular complexity index is 1360. The summed E-state index contributed by atoms with van der Waals surface area (Å²) < 4.78 is 5.87. The van der Waals surface area contributed by atoms with E-state index in [0.717, 1.165) is 55.2 Å². The van der Waals surface area contributed by atoms with Crippen LogP contribution in [0, 0.1) is 12.3 Å². The summed E-state index contributed by atoms with van der Waals surface area (Å²) in [6.07, 6.45) is 4.88. The minimum absolute atomic E-state index is 0.0133. The van der Waals surface area contributed by atoms with Gasteiger partial charge < -0.3 is 9.64 Å². The Morgan fingerprint density at radius 3 is 2.76 bits per heavy atom. The molecule has 37 heavy (non-hydrogen) atoms. The van der Waals surface area contributed by atoms with E-state index >= 15 is 0 Å². The Kier molecular flexibility index (Phi) is 7.43. The molecule has 3 heterocycles. The maximum atomic E-state index is 12.7. The number of hydrogen-bond donors (Lipinski definition) is 1. The second-order valence-electron chi connectivity index (χ2n) is 9.10. The highest BCUT2D eigenvalue weighted by Crippen LogP contribution is 2.31. The van der Waals surface area contributed by atoms with Crippen LogP contribution >= 0.6 is 23.4 Å². The number of hydrogen-bond acceptors (Lipinski definition) is 6. The third-order valence-corrected chi connectivity index (χ3v) is 7.46. The number of benzene rings is 2. The SMILES string of the molecule is Cc1cccc(COc2ccc(/C=C3/C(=N)N4N=C(CC(=O)N5CCCCC5)SC4=NC3=O)cc2Cl)c1. The number of nitrogens with zero attached hydrogens (tertiary/aromatic N) is 4. The Hall–Kier alpha value is -3.43. The molecule has 8 nitrogen and oxygen atoms in total. The Morgan fingerprint density at radius 2 is 2.00 bits per heavy atom. The molecular weight excluding hydrogens is 510 g/mol. The molecular formula is C27H26ClN5O3S. The van der Waals surface area contributed by atoms with Crippen molar-refractivity contribution in [2.75, 3.05) is 13.1 Å². The molecule has 0 unspecified atom stereocenters. The lowest BCUT2D eigenvalue weighted by Crippen LogP contribution is -2.36. The van der Waals surface area contributed by atoms with Gasteiger partial charge in [-0.15, -0.1) is 0 Å². The fourth-order valence-corrected chi connectivity index (χ4v) is 5.46. The molecule has 0 radical (unpaired) electrons. The van der Waals surface area contributed by atoms with Gasteiger partial charge in [0.05, 0.1) is 17.0 Å². The van der Waals surface area contributed by atoms with Crippen molar-refractivity contribution in [1.82, 2.24) is 9.91 Å². The molecule has 3 aliphatic heterocycles. The van der Waals surface area contributed by atoms with Gasteiger partial charge in [0.25, 0.3) is 5.91 Å². The Morgan fingerprint density at radius 1 is 1.19 bits per heavy atom. The zero-order valence-corrected chi connectivity index (χ0v) is 21.9. The first-order chi connectivity index (χ1) is 17.9. The number of aliphatic imine (C=N–C) groups is 1. The molecule has 190 valence electrons. The highest BCUT2D eigenvalue weighted by molar-refractivity contribution is 8.27. The number of halogens is 1. The van der Waals surface area contributed by atoms with Crippen LogP contribution in [0.2, 0.25) is 5.02 Å². The predicted octanol–water partition coefficient (Wildman–Crippen LogP) is 5.25. The Labute approximate surface area is 224 Å². The van der Waals surface area contributed by atoms with Gasteiger partial charge in [-0.05, 0) is 67.3 Å². The number of piperidine rings is 1. The molecule has 0 aromatic heterocycles. The summed E-state index contributed by atoms with van der Waals surface area (Å²) >= 11 is 7.61. The minimum Gasteiger partial charge on any atom is -0.487 e. The molecule has 3 aliphatic rings. The molecule has 2 amide bonds. The van der Waals surface area contributed by atoms with Crippen LogP contribution in [0.1, 0.15) is 42.4 Å². The second-order valence-corrected chi connectivity index (χ2v) is 10.5. The number of thioether (sulfide) groups is 1. The van der Waals surface area contributed by atoms with Crippen LogP contribution in [0.4, 0.5) is 0 Å². The predicted molar refractivity (Wildman–Crippen MR) is 147 cm³/mol. The van der Waals surface area contributed by atoms with Gasteiger partial charge in [0.2, 0.25) is 11.1 Å². The van der Waals surface area contributed by atoms with Crippen molar-refractivity contribution >= 4 is 57.3 Å². The van der Waals surface area contributed by atoms with Crippen molar-refractivity contribution in [2.45, 2.75) is 39.2 Å². The van der Waals surface area contributed by atoms with Gasteiger partial charge in [-0.2, -0.15) is 15.1 Å². The topological polar surface area (TPSA) is 98.4 Å². The highest BCUT2D eigenvalue weighted by Gasteiger charge is 2.36. The van der Waals surface area contributed by atoms with E-state index < -0.39 is 5.91 Å². The molecule has 0 aliphatic carbocycles. The smallest absolute Gasteiger partial charge is 0.283 e. The third-order valence-electron chi connectivity index (χ3n) is 6.25. The molecule has 0 atom stereocenters. The number of carbonyl (C=O) groups excluding carboxylic acids is 2. The van der Waals surface area contributed by atoms with E-state index in [1.165, 1.54) is 5.01 Å². The van der Waals surface area contributed by atoms with Crippen LogP contribution in [0.3, 0.4) is 0 Å². The summed E-state index contributed by atoms with van der Waals surface area (Å²) in [6.45, 7) is 3.94. The molecule has 2 aromatic carbocycles. The number of aryl methyl sites for hydroxylation is 1. The quantitative estimate of drug-likeness (QED) is 0.509. The zero-order valence-electron chi connectivity index (χ0n) is 20.4. The number of carbonyl (C=O) groups is 2. The number of amides is 2. The maximum Gasteiger partial charge on any atom is 0.283 e. The summed E-state index contributed by atoms with van der Waals surface area (Å²) in [7, 11) is 0. The van der Waals surface area contributed by atoms with Gasteiger partial charge in [0.15, 0.2) is 5.84 Å². The Balaban J connectivity index is 1.27. The molecule has 0 spiro atoms. The molecule has 10 heteroatoms. The van der Waals surface area contributed by atoms with Gasteiger partial charge in [-0.3, -0.25) is 15.0 Å². The van der Waals surface area contributed by atoms with E-state index in [1.807, 2.05) is 30.0 Å². The van der Waals surface area contributed by atoms with Crippen LogP contribution in [0.5, 0.6) is 5.75 Å². The number of fused-ring (bicyclic) bond motifs is 1. The summed E-state index contributed by atoms with van der Waals surface area (Å²) in [4.78, 5) is 31.3. The molecule has 2 aromatic rings. The van der Waals surface area contributed by atoms with E-state index in [1.54, 1.807) is 24.3 Å². The van der Waals surface area contributed by atoms with Gasteiger partial charge in [0.1, 0.15) is 17.4 Å². The van der Waals surface area contributed by atoms with E-state index in [9.17, 15) is 9.59 Å². The van der Waals surface area contributed by atoms with Gasteiger partial charge in [0, 0.05) is 13.1 Å². The molecule has 1 saturated heterocycles. The van der Waals surface area contributed by atoms with E-state index in [0.29, 0.717) is 33.2 Å². The summed E-state index contributed by atoms with van der Waals surface area (Å²) in [5, 5.41) is 15.5. The first-order valence-corrected chi connectivity index (χ1v) is 13.3. The van der Waals surface area contributed by atoms with Crippen LogP contribution in [-0.2, 0) is 16.2 Å². The highest BCUT2D eigenvalue weighted by atomic mass is 35.5. The summed E-state index contributed by atoms with van der Waals surface area (Å²) in [5.41, 5.74) is 2.93. The van der Waals surface area contributed by atoms with Crippen molar-refractivity contribution in [3.8, 4) is 5.75 Å².